The Bertz CT molecular complexity index is 1030. The lowest BCUT2D eigenvalue weighted by Gasteiger charge is -2.50. The molecule has 1 fully saturated rings. The van der Waals surface area contributed by atoms with Crippen LogP contribution in [0.25, 0.3) is 0 Å². The van der Waals surface area contributed by atoms with Gasteiger partial charge in [0.15, 0.2) is 5.54 Å². The van der Waals surface area contributed by atoms with Gasteiger partial charge in [0.05, 0.1) is 11.7 Å². The van der Waals surface area contributed by atoms with E-state index >= 15 is 0 Å². The zero-order chi connectivity index (χ0) is 21.0. The molecule has 3 aliphatic rings. The van der Waals surface area contributed by atoms with Gasteiger partial charge in [-0.3, -0.25) is 4.98 Å². The van der Waals surface area contributed by atoms with E-state index < -0.39 is 29.8 Å². The second-order valence-corrected chi connectivity index (χ2v) is 8.96. The van der Waals surface area contributed by atoms with E-state index in [2.05, 4.69) is 31.2 Å². The van der Waals surface area contributed by atoms with Gasteiger partial charge < -0.3 is 15.8 Å². The zero-order valence-electron chi connectivity index (χ0n) is 15.9. The van der Waals surface area contributed by atoms with E-state index in [1.165, 1.54) is 12.1 Å². The number of benzene rings is 1. The number of hydrogen-bond acceptors (Lipinski definition) is 5. The number of pyridine rings is 1. The highest BCUT2D eigenvalue weighted by molar-refractivity contribution is 9.10. The molecule has 4 unspecified atom stereocenters. The average Bonchev–Trinajstić information content (AvgIpc) is 3.07. The minimum absolute atomic E-state index is 0.0753. The zero-order valence-corrected chi connectivity index (χ0v) is 17.5. The van der Waals surface area contributed by atoms with Crippen molar-refractivity contribution in [1.82, 2.24) is 4.98 Å². The first-order valence-electron chi connectivity index (χ1n) is 9.89. The number of ether oxygens (including phenoxy) is 1. The van der Waals surface area contributed by atoms with Crippen LogP contribution in [0.15, 0.2) is 39.9 Å². The van der Waals surface area contributed by atoms with Crippen molar-refractivity contribution in [3.8, 4) is 0 Å². The molecule has 2 aliphatic carbocycles. The molecule has 3 N–H and O–H groups in total. The number of fused-ring (bicyclic) bond motifs is 2. The van der Waals surface area contributed by atoms with Crippen molar-refractivity contribution >= 4 is 27.6 Å². The summed E-state index contributed by atoms with van der Waals surface area (Å²) in [6, 6.07) is 5.85. The first-order chi connectivity index (χ1) is 14.4. The van der Waals surface area contributed by atoms with Gasteiger partial charge in [0.1, 0.15) is 11.9 Å². The third-order valence-electron chi connectivity index (χ3n) is 6.42. The van der Waals surface area contributed by atoms with Gasteiger partial charge in [-0.25, -0.2) is 18.2 Å². The third-order valence-corrected chi connectivity index (χ3v) is 6.85. The Morgan fingerprint density at radius 1 is 1.23 bits per heavy atom. The van der Waals surface area contributed by atoms with Crippen molar-refractivity contribution in [2.75, 3.05) is 5.32 Å². The standard InChI is InChI=1S/C21H20BrF3N4O/c22-11-7-10-1-5-16(18(10)27-9-11)28-12-2-4-15(23)14(8-12)21(19(24)25)13-3-6-17(13)30-20(26)29-21/h2,4,7-9,13,16-17,19,28H,1,3,5-6H2,(H2,26,29). The van der Waals surface area contributed by atoms with Crippen LogP contribution in [0, 0.1) is 11.7 Å². The minimum atomic E-state index is -2.91. The summed E-state index contributed by atoms with van der Waals surface area (Å²) in [5.74, 6) is -1.33. The lowest BCUT2D eigenvalue weighted by Crippen LogP contribution is -2.57. The van der Waals surface area contributed by atoms with Gasteiger partial charge >= 0.3 is 0 Å². The van der Waals surface area contributed by atoms with E-state index in [1.807, 2.05) is 6.07 Å². The number of alkyl halides is 2. The maximum atomic E-state index is 14.9. The molecule has 1 aromatic carbocycles. The fourth-order valence-electron chi connectivity index (χ4n) is 4.85. The summed E-state index contributed by atoms with van der Waals surface area (Å²) in [6.45, 7) is 0. The largest absolute Gasteiger partial charge is 0.462 e. The normalized spacial score (nSPS) is 29.5. The van der Waals surface area contributed by atoms with E-state index in [9.17, 15) is 13.2 Å². The number of nitrogens with two attached hydrogens (primary N) is 1. The van der Waals surface area contributed by atoms with E-state index in [-0.39, 0.29) is 17.6 Å². The predicted octanol–water partition coefficient (Wildman–Crippen LogP) is 4.67. The molecule has 1 aliphatic heterocycles. The molecule has 2 heterocycles. The van der Waals surface area contributed by atoms with Crippen LogP contribution < -0.4 is 11.1 Å². The maximum absolute atomic E-state index is 14.9. The second-order valence-electron chi connectivity index (χ2n) is 8.04. The number of anilines is 1. The van der Waals surface area contributed by atoms with Gasteiger partial charge in [-0.15, -0.1) is 0 Å². The van der Waals surface area contributed by atoms with Crippen LogP contribution in [0.5, 0.6) is 0 Å². The molecule has 0 saturated heterocycles. The molecule has 2 aromatic rings. The van der Waals surface area contributed by atoms with Crippen LogP contribution in [0.4, 0.5) is 18.9 Å². The molecule has 0 bridgehead atoms. The summed E-state index contributed by atoms with van der Waals surface area (Å²) in [6.07, 6.45) is 1.12. The van der Waals surface area contributed by atoms with Gasteiger partial charge in [0.25, 0.3) is 12.4 Å². The molecule has 1 saturated carbocycles. The number of aryl methyl sites for hydroxylation is 1. The summed E-state index contributed by atoms with van der Waals surface area (Å²) < 4.78 is 50.0. The smallest absolute Gasteiger partial charge is 0.283 e. The summed E-state index contributed by atoms with van der Waals surface area (Å²) >= 11 is 3.42. The number of amidine groups is 1. The van der Waals surface area contributed by atoms with Crippen LogP contribution in [0.3, 0.4) is 0 Å². The Morgan fingerprint density at radius 3 is 2.80 bits per heavy atom. The highest BCUT2D eigenvalue weighted by atomic mass is 79.9. The van der Waals surface area contributed by atoms with Crippen LogP contribution >= 0.6 is 15.9 Å². The number of aliphatic imine (C=N–C) groups is 1. The molecule has 1 aromatic heterocycles. The molecule has 0 spiro atoms. The van der Waals surface area contributed by atoms with Crippen molar-refractivity contribution in [3.05, 3.63) is 57.6 Å². The molecule has 5 rings (SSSR count). The number of nitrogens with zero attached hydrogens (tertiary/aromatic N) is 2. The molecule has 9 heteroatoms. The summed E-state index contributed by atoms with van der Waals surface area (Å²) in [5.41, 5.74) is 6.11. The van der Waals surface area contributed by atoms with Gasteiger partial charge in [0.2, 0.25) is 0 Å². The number of rotatable bonds is 4. The summed E-state index contributed by atoms with van der Waals surface area (Å²) in [7, 11) is 0. The van der Waals surface area contributed by atoms with E-state index in [4.69, 9.17) is 10.5 Å². The second kappa shape index (κ2) is 7.14. The maximum Gasteiger partial charge on any atom is 0.283 e. The van der Waals surface area contributed by atoms with Crippen molar-refractivity contribution in [2.45, 2.75) is 49.8 Å². The molecule has 5 nitrogen and oxygen atoms in total. The Balaban J connectivity index is 1.52. The van der Waals surface area contributed by atoms with Crippen LogP contribution in [-0.2, 0) is 16.7 Å². The van der Waals surface area contributed by atoms with Crippen molar-refractivity contribution in [2.24, 2.45) is 16.6 Å². The van der Waals surface area contributed by atoms with E-state index in [1.54, 1.807) is 12.3 Å². The quantitative estimate of drug-likeness (QED) is 0.666. The lowest BCUT2D eigenvalue weighted by molar-refractivity contribution is -0.0949. The van der Waals surface area contributed by atoms with Crippen molar-refractivity contribution in [3.63, 3.8) is 0 Å². The number of aromatic nitrogens is 1. The topological polar surface area (TPSA) is 72.5 Å². The fourth-order valence-corrected chi connectivity index (χ4v) is 5.23. The molecule has 158 valence electrons. The van der Waals surface area contributed by atoms with Crippen molar-refractivity contribution < 1.29 is 17.9 Å². The van der Waals surface area contributed by atoms with Crippen LogP contribution in [-0.4, -0.2) is 23.5 Å². The fraction of sp³-hybridized carbons (Fsp3) is 0.429. The minimum Gasteiger partial charge on any atom is -0.462 e. The Morgan fingerprint density at radius 2 is 2.07 bits per heavy atom. The van der Waals surface area contributed by atoms with E-state index in [0.29, 0.717) is 18.5 Å². The highest BCUT2D eigenvalue weighted by Gasteiger charge is 2.59. The number of halogens is 4. The number of nitrogens with one attached hydrogen (secondary N) is 1. The van der Waals surface area contributed by atoms with Gasteiger partial charge in [-0.1, -0.05) is 0 Å². The molecule has 0 radical (unpaired) electrons. The first-order valence-corrected chi connectivity index (χ1v) is 10.7. The SMILES string of the molecule is NC1=NC(c2cc(NC3CCc4cc(Br)cnc43)ccc2F)(C(F)F)C2CCC2O1. The van der Waals surface area contributed by atoms with Gasteiger partial charge in [-0.2, -0.15) is 0 Å². The lowest BCUT2D eigenvalue weighted by atomic mass is 9.65. The summed E-state index contributed by atoms with van der Waals surface area (Å²) in [5, 5.41) is 3.33. The van der Waals surface area contributed by atoms with E-state index in [0.717, 1.165) is 28.6 Å². The Labute approximate surface area is 180 Å². The van der Waals surface area contributed by atoms with Gasteiger partial charge in [0, 0.05) is 27.8 Å². The third kappa shape index (κ3) is 2.97. The van der Waals surface area contributed by atoms with Gasteiger partial charge in [-0.05, 0) is 71.4 Å². The molecular formula is C21H20BrF3N4O. The Hall–Kier alpha value is -2.29. The van der Waals surface area contributed by atoms with Crippen LogP contribution in [0.2, 0.25) is 0 Å². The first kappa shape index (κ1) is 19.7. The molecule has 30 heavy (non-hydrogen) atoms. The van der Waals surface area contributed by atoms with Crippen molar-refractivity contribution in [1.29, 1.82) is 0 Å². The summed E-state index contributed by atoms with van der Waals surface area (Å²) in [4.78, 5) is 8.47. The Kier molecular flexibility index (Phi) is 4.68. The van der Waals surface area contributed by atoms with Crippen LogP contribution in [0.1, 0.15) is 42.1 Å². The average molecular weight is 481 g/mol. The monoisotopic (exact) mass is 480 g/mol. The predicted molar refractivity (Wildman–Crippen MR) is 110 cm³/mol. The molecule has 4 atom stereocenters. The number of hydrogen-bond donors (Lipinski definition) is 2. The molecule has 0 amide bonds. The molecular weight excluding hydrogens is 461 g/mol. The highest BCUT2D eigenvalue weighted by Crippen LogP contribution is 2.53.